The summed E-state index contributed by atoms with van der Waals surface area (Å²) in [6.45, 7) is 1.66. The normalized spacial score (nSPS) is 11.9. The number of hydrogen-bond donors (Lipinski definition) is 1. The average Bonchev–Trinajstić information content (AvgIpc) is 2.67. The molecule has 0 fully saturated rings. The van der Waals surface area contributed by atoms with E-state index >= 15 is 0 Å². The molecule has 3 rings (SSSR count). The van der Waals surface area contributed by atoms with Gasteiger partial charge in [-0.15, -0.1) is 0 Å². The molecule has 0 saturated carbocycles. The standard InChI is InChI=1S/C20H18N2O2S2/c1-14(19(23)24)26-18-12-17(16-10-6-3-7-11-16)21-20(22-18)25-13-15-8-4-2-5-9-15/h2-12,14H,13H2,1H3,(H,23,24). The zero-order valence-corrected chi connectivity index (χ0v) is 15.8. The van der Waals surface area contributed by atoms with Crippen LogP contribution in [0.25, 0.3) is 11.3 Å². The lowest BCUT2D eigenvalue weighted by atomic mass is 10.1. The van der Waals surface area contributed by atoms with Crippen molar-refractivity contribution in [3.8, 4) is 11.3 Å². The first-order valence-electron chi connectivity index (χ1n) is 8.12. The third-order valence-electron chi connectivity index (χ3n) is 3.61. The molecule has 0 aliphatic carbocycles. The predicted octanol–water partition coefficient (Wildman–Crippen LogP) is 5.00. The molecule has 1 unspecified atom stereocenters. The minimum atomic E-state index is -0.853. The monoisotopic (exact) mass is 382 g/mol. The summed E-state index contributed by atoms with van der Waals surface area (Å²) >= 11 is 2.78. The van der Waals surface area contributed by atoms with E-state index in [9.17, 15) is 9.90 Å². The van der Waals surface area contributed by atoms with E-state index in [4.69, 9.17) is 0 Å². The quantitative estimate of drug-likeness (QED) is 0.352. The zero-order chi connectivity index (χ0) is 18.4. The van der Waals surface area contributed by atoms with Crippen molar-refractivity contribution in [3.05, 3.63) is 72.3 Å². The minimum absolute atomic E-state index is 0.569. The molecule has 132 valence electrons. The van der Waals surface area contributed by atoms with E-state index in [0.29, 0.717) is 10.2 Å². The SMILES string of the molecule is CC(Sc1cc(-c2ccccc2)nc(SCc2ccccc2)n1)C(=O)O. The highest BCUT2D eigenvalue weighted by atomic mass is 32.2. The number of carbonyl (C=O) groups is 1. The Labute approximate surface area is 161 Å². The Balaban J connectivity index is 1.88. The summed E-state index contributed by atoms with van der Waals surface area (Å²) in [7, 11) is 0. The van der Waals surface area contributed by atoms with E-state index in [2.05, 4.69) is 22.1 Å². The van der Waals surface area contributed by atoms with Gasteiger partial charge in [-0.2, -0.15) is 0 Å². The fraction of sp³-hybridized carbons (Fsp3) is 0.150. The molecule has 1 heterocycles. The molecule has 1 atom stereocenters. The maximum absolute atomic E-state index is 11.2. The van der Waals surface area contributed by atoms with Crippen LogP contribution in [0.15, 0.2) is 76.9 Å². The van der Waals surface area contributed by atoms with Gasteiger partial charge in [0.1, 0.15) is 10.3 Å². The van der Waals surface area contributed by atoms with Crippen molar-refractivity contribution in [2.24, 2.45) is 0 Å². The van der Waals surface area contributed by atoms with Crippen LogP contribution in [0.3, 0.4) is 0 Å². The van der Waals surface area contributed by atoms with E-state index in [1.165, 1.54) is 17.3 Å². The number of benzene rings is 2. The molecule has 3 aromatic rings. The Morgan fingerprint density at radius 3 is 2.35 bits per heavy atom. The van der Waals surface area contributed by atoms with Crippen molar-refractivity contribution in [3.63, 3.8) is 0 Å². The van der Waals surface area contributed by atoms with Crippen molar-refractivity contribution < 1.29 is 9.90 Å². The lowest BCUT2D eigenvalue weighted by Crippen LogP contribution is -2.11. The number of carboxylic acid groups (broad SMARTS) is 1. The van der Waals surface area contributed by atoms with Gasteiger partial charge in [0.25, 0.3) is 0 Å². The Hall–Kier alpha value is -2.31. The van der Waals surface area contributed by atoms with Crippen molar-refractivity contribution in [2.45, 2.75) is 28.1 Å². The largest absolute Gasteiger partial charge is 0.480 e. The number of aromatic nitrogens is 2. The summed E-state index contributed by atoms with van der Waals surface area (Å²) in [5, 5.41) is 9.93. The van der Waals surface area contributed by atoms with Crippen LogP contribution < -0.4 is 0 Å². The third-order valence-corrected chi connectivity index (χ3v) is 5.53. The summed E-state index contributed by atoms with van der Waals surface area (Å²) in [5.74, 6) is -0.0918. The fourth-order valence-electron chi connectivity index (χ4n) is 2.24. The van der Waals surface area contributed by atoms with Crippen molar-refractivity contribution in [1.82, 2.24) is 9.97 Å². The van der Waals surface area contributed by atoms with Crippen LogP contribution in [0.4, 0.5) is 0 Å². The van der Waals surface area contributed by atoms with E-state index in [-0.39, 0.29) is 0 Å². The molecule has 0 spiro atoms. The number of carboxylic acids is 1. The molecule has 26 heavy (non-hydrogen) atoms. The Morgan fingerprint density at radius 1 is 1.04 bits per heavy atom. The summed E-state index contributed by atoms with van der Waals surface area (Å²) in [4.78, 5) is 20.4. The van der Waals surface area contributed by atoms with Crippen LogP contribution >= 0.6 is 23.5 Å². The van der Waals surface area contributed by atoms with E-state index in [0.717, 1.165) is 17.0 Å². The van der Waals surface area contributed by atoms with Crippen LogP contribution in [-0.2, 0) is 10.5 Å². The number of rotatable bonds is 7. The van der Waals surface area contributed by atoms with Crippen LogP contribution in [0, 0.1) is 0 Å². The fourth-order valence-corrected chi connectivity index (χ4v) is 3.89. The van der Waals surface area contributed by atoms with Gasteiger partial charge in [-0.3, -0.25) is 4.79 Å². The van der Waals surface area contributed by atoms with Gasteiger partial charge in [0.15, 0.2) is 5.16 Å². The van der Waals surface area contributed by atoms with E-state index in [1.807, 2.05) is 54.6 Å². The molecule has 0 saturated heterocycles. The van der Waals surface area contributed by atoms with Gasteiger partial charge in [-0.25, -0.2) is 9.97 Å². The predicted molar refractivity (Wildman–Crippen MR) is 106 cm³/mol. The van der Waals surface area contributed by atoms with Gasteiger partial charge in [0.05, 0.1) is 5.69 Å². The smallest absolute Gasteiger partial charge is 0.316 e. The second-order valence-corrected chi connectivity index (χ2v) is 7.92. The van der Waals surface area contributed by atoms with Gasteiger partial charge in [0, 0.05) is 11.3 Å². The van der Waals surface area contributed by atoms with E-state index in [1.54, 1.807) is 18.7 Å². The number of hydrogen-bond acceptors (Lipinski definition) is 5. The highest BCUT2D eigenvalue weighted by molar-refractivity contribution is 8.00. The molecule has 4 nitrogen and oxygen atoms in total. The lowest BCUT2D eigenvalue weighted by molar-refractivity contribution is -0.136. The van der Waals surface area contributed by atoms with Crippen LogP contribution in [-0.4, -0.2) is 26.3 Å². The first-order valence-corrected chi connectivity index (χ1v) is 9.99. The maximum Gasteiger partial charge on any atom is 0.316 e. The highest BCUT2D eigenvalue weighted by Gasteiger charge is 2.16. The Morgan fingerprint density at radius 2 is 1.69 bits per heavy atom. The Bertz CT molecular complexity index is 873. The molecule has 1 aromatic heterocycles. The second kappa shape index (κ2) is 8.87. The van der Waals surface area contributed by atoms with E-state index < -0.39 is 11.2 Å². The number of thioether (sulfide) groups is 2. The molecule has 0 amide bonds. The minimum Gasteiger partial charge on any atom is -0.480 e. The summed E-state index contributed by atoms with van der Waals surface area (Å²) < 4.78 is 0. The molecule has 1 N–H and O–H groups in total. The van der Waals surface area contributed by atoms with Gasteiger partial charge in [0.2, 0.25) is 0 Å². The van der Waals surface area contributed by atoms with Crippen LogP contribution in [0.5, 0.6) is 0 Å². The number of nitrogens with zero attached hydrogens (tertiary/aromatic N) is 2. The topological polar surface area (TPSA) is 63.1 Å². The summed E-state index contributed by atoms with van der Waals surface area (Å²) in [5.41, 5.74) is 2.98. The molecular weight excluding hydrogens is 364 g/mol. The van der Waals surface area contributed by atoms with Gasteiger partial charge < -0.3 is 5.11 Å². The zero-order valence-electron chi connectivity index (χ0n) is 14.2. The van der Waals surface area contributed by atoms with Crippen molar-refractivity contribution in [2.75, 3.05) is 0 Å². The third kappa shape index (κ3) is 5.09. The average molecular weight is 383 g/mol. The number of aliphatic carboxylic acids is 1. The summed E-state index contributed by atoms with van der Waals surface area (Å²) in [6, 6.07) is 21.8. The Kier molecular flexibility index (Phi) is 6.30. The van der Waals surface area contributed by atoms with Gasteiger partial charge in [-0.1, -0.05) is 84.2 Å². The highest BCUT2D eigenvalue weighted by Crippen LogP contribution is 2.29. The van der Waals surface area contributed by atoms with Crippen LogP contribution in [0.1, 0.15) is 12.5 Å². The van der Waals surface area contributed by atoms with Gasteiger partial charge in [-0.05, 0) is 18.6 Å². The first kappa shape index (κ1) is 18.5. The second-order valence-electron chi connectivity index (χ2n) is 5.61. The molecular formula is C20H18N2O2S2. The molecule has 0 aliphatic heterocycles. The van der Waals surface area contributed by atoms with Crippen molar-refractivity contribution in [1.29, 1.82) is 0 Å². The van der Waals surface area contributed by atoms with Crippen molar-refractivity contribution >= 4 is 29.5 Å². The maximum atomic E-state index is 11.2. The molecule has 0 radical (unpaired) electrons. The first-order chi connectivity index (χ1) is 12.6. The molecule has 0 aliphatic rings. The molecule has 0 bridgehead atoms. The molecule has 2 aromatic carbocycles. The van der Waals surface area contributed by atoms with Gasteiger partial charge >= 0.3 is 5.97 Å². The van der Waals surface area contributed by atoms with Crippen LogP contribution in [0.2, 0.25) is 0 Å². The summed E-state index contributed by atoms with van der Waals surface area (Å²) in [6.07, 6.45) is 0. The molecule has 6 heteroatoms. The lowest BCUT2D eigenvalue weighted by Gasteiger charge is -2.10.